The molecular weight excluding hydrogens is 326 g/mol. The lowest BCUT2D eigenvalue weighted by molar-refractivity contribution is 0.472. The smallest absolute Gasteiger partial charge is 0.299 e. The Morgan fingerprint density at radius 1 is 1.37 bits per heavy atom. The Hall–Kier alpha value is -0.980. The van der Waals surface area contributed by atoms with Gasteiger partial charge in [-0.25, -0.2) is 0 Å². The van der Waals surface area contributed by atoms with Crippen LogP contribution in [-0.4, -0.2) is 16.7 Å². The van der Waals surface area contributed by atoms with Crippen molar-refractivity contribution < 1.29 is 4.74 Å². The van der Waals surface area contributed by atoms with Gasteiger partial charge in [0.1, 0.15) is 10.8 Å². The fraction of sp³-hybridized carbons (Fsp3) is 0.385. The first-order valence-electron chi connectivity index (χ1n) is 6.10. The SMILES string of the molecule is CC(C)CNCc1nnc(Oc2cccc(Br)c2)s1. The first-order chi connectivity index (χ1) is 9.13. The summed E-state index contributed by atoms with van der Waals surface area (Å²) < 4.78 is 6.63. The second-order valence-electron chi connectivity index (χ2n) is 4.55. The van der Waals surface area contributed by atoms with Gasteiger partial charge in [-0.3, -0.25) is 0 Å². The van der Waals surface area contributed by atoms with Gasteiger partial charge in [-0.15, -0.1) is 5.10 Å². The Kier molecular flexibility index (Phi) is 5.30. The van der Waals surface area contributed by atoms with E-state index in [1.807, 2.05) is 24.3 Å². The van der Waals surface area contributed by atoms with E-state index in [4.69, 9.17) is 4.74 Å². The summed E-state index contributed by atoms with van der Waals surface area (Å²) in [6.45, 7) is 6.06. The zero-order valence-electron chi connectivity index (χ0n) is 10.9. The van der Waals surface area contributed by atoms with Crippen molar-refractivity contribution in [2.45, 2.75) is 20.4 Å². The molecule has 6 heteroatoms. The van der Waals surface area contributed by atoms with Crippen molar-refractivity contribution in [1.29, 1.82) is 0 Å². The van der Waals surface area contributed by atoms with Crippen molar-refractivity contribution in [2.24, 2.45) is 5.92 Å². The molecule has 0 unspecified atom stereocenters. The molecule has 1 N–H and O–H groups in total. The van der Waals surface area contributed by atoms with Gasteiger partial charge in [0.05, 0.1) is 0 Å². The van der Waals surface area contributed by atoms with Gasteiger partial charge in [-0.05, 0) is 30.7 Å². The first kappa shape index (κ1) is 14.4. The quantitative estimate of drug-likeness (QED) is 0.867. The van der Waals surface area contributed by atoms with Crippen LogP contribution in [0.15, 0.2) is 28.7 Å². The lowest BCUT2D eigenvalue weighted by Crippen LogP contribution is -2.18. The molecule has 0 aliphatic rings. The van der Waals surface area contributed by atoms with Crippen LogP contribution in [0.5, 0.6) is 10.9 Å². The third kappa shape index (κ3) is 4.89. The van der Waals surface area contributed by atoms with Crippen molar-refractivity contribution in [3.05, 3.63) is 33.7 Å². The number of hydrogen-bond acceptors (Lipinski definition) is 5. The number of nitrogens with one attached hydrogen (secondary N) is 1. The molecule has 0 saturated carbocycles. The average Bonchev–Trinajstić information content (AvgIpc) is 2.76. The van der Waals surface area contributed by atoms with Crippen LogP contribution >= 0.6 is 27.3 Å². The Balaban J connectivity index is 1.90. The Morgan fingerprint density at radius 2 is 2.21 bits per heavy atom. The van der Waals surface area contributed by atoms with Gasteiger partial charge >= 0.3 is 0 Å². The van der Waals surface area contributed by atoms with Crippen molar-refractivity contribution in [3.63, 3.8) is 0 Å². The molecule has 0 bridgehead atoms. The van der Waals surface area contributed by atoms with E-state index in [2.05, 4.69) is 45.3 Å². The van der Waals surface area contributed by atoms with Crippen LogP contribution in [0.4, 0.5) is 0 Å². The van der Waals surface area contributed by atoms with Crippen LogP contribution in [0.2, 0.25) is 0 Å². The first-order valence-corrected chi connectivity index (χ1v) is 7.71. The highest BCUT2D eigenvalue weighted by atomic mass is 79.9. The lowest BCUT2D eigenvalue weighted by Gasteiger charge is -2.04. The predicted octanol–water partition coefficient (Wildman–Crippen LogP) is 3.84. The number of rotatable bonds is 6. The summed E-state index contributed by atoms with van der Waals surface area (Å²) in [6, 6.07) is 7.67. The van der Waals surface area contributed by atoms with Crippen LogP contribution in [-0.2, 0) is 6.54 Å². The standard InChI is InChI=1S/C13H16BrN3OS/c1-9(2)7-15-8-12-16-17-13(19-12)18-11-5-3-4-10(14)6-11/h3-6,9,15H,7-8H2,1-2H3. The average molecular weight is 342 g/mol. The van der Waals surface area contributed by atoms with Gasteiger partial charge < -0.3 is 10.1 Å². The molecule has 0 aliphatic carbocycles. The van der Waals surface area contributed by atoms with E-state index in [9.17, 15) is 0 Å². The van der Waals surface area contributed by atoms with Crippen LogP contribution in [0.3, 0.4) is 0 Å². The molecule has 0 spiro atoms. The van der Waals surface area contributed by atoms with Crippen LogP contribution in [0, 0.1) is 5.92 Å². The molecule has 0 atom stereocenters. The van der Waals surface area contributed by atoms with Crippen LogP contribution in [0.1, 0.15) is 18.9 Å². The normalized spacial score (nSPS) is 10.9. The maximum absolute atomic E-state index is 5.65. The van der Waals surface area contributed by atoms with Gasteiger partial charge in [-0.1, -0.05) is 52.3 Å². The Morgan fingerprint density at radius 3 is 2.95 bits per heavy atom. The molecule has 2 rings (SSSR count). The summed E-state index contributed by atoms with van der Waals surface area (Å²) in [5.41, 5.74) is 0. The molecular formula is C13H16BrN3OS. The Bertz CT molecular complexity index is 530. The second kappa shape index (κ2) is 6.98. The summed E-state index contributed by atoms with van der Waals surface area (Å²) in [4.78, 5) is 0. The monoisotopic (exact) mass is 341 g/mol. The minimum atomic E-state index is 0.569. The van der Waals surface area contributed by atoms with E-state index >= 15 is 0 Å². The zero-order chi connectivity index (χ0) is 13.7. The van der Waals surface area contributed by atoms with E-state index in [1.165, 1.54) is 11.3 Å². The summed E-state index contributed by atoms with van der Waals surface area (Å²) in [5.74, 6) is 1.39. The molecule has 1 aromatic carbocycles. The third-order valence-corrected chi connectivity index (χ3v) is 3.57. The fourth-order valence-electron chi connectivity index (χ4n) is 1.45. The number of benzene rings is 1. The predicted molar refractivity (Wildman–Crippen MR) is 80.7 cm³/mol. The Labute approximate surface area is 125 Å². The number of halogens is 1. The lowest BCUT2D eigenvalue weighted by atomic mass is 10.2. The van der Waals surface area contributed by atoms with Gasteiger partial charge in [-0.2, -0.15) is 0 Å². The second-order valence-corrected chi connectivity index (χ2v) is 6.49. The molecule has 2 aromatic rings. The molecule has 1 aromatic heterocycles. The summed E-state index contributed by atoms with van der Waals surface area (Å²) in [7, 11) is 0. The van der Waals surface area contributed by atoms with Gasteiger partial charge in [0.15, 0.2) is 0 Å². The number of ether oxygens (including phenoxy) is 1. The molecule has 102 valence electrons. The van der Waals surface area contributed by atoms with Crippen LogP contribution < -0.4 is 10.1 Å². The maximum Gasteiger partial charge on any atom is 0.299 e. The van der Waals surface area contributed by atoms with Crippen molar-refractivity contribution in [3.8, 4) is 10.9 Å². The van der Waals surface area contributed by atoms with Gasteiger partial charge in [0.2, 0.25) is 0 Å². The molecule has 0 aliphatic heterocycles. The highest BCUT2D eigenvalue weighted by molar-refractivity contribution is 9.10. The van der Waals surface area contributed by atoms with E-state index in [0.717, 1.165) is 28.3 Å². The maximum atomic E-state index is 5.65. The molecule has 0 radical (unpaired) electrons. The summed E-state index contributed by atoms with van der Waals surface area (Å²) in [6.07, 6.45) is 0. The summed E-state index contributed by atoms with van der Waals surface area (Å²) in [5, 5.41) is 13.0. The highest BCUT2D eigenvalue weighted by Gasteiger charge is 2.06. The van der Waals surface area contributed by atoms with Crippen molar-refractivity contribution >= 4 is 27.3 Å². The van der Waals surface area contributed by atoms with E-state index in [0.29, 0.717) is 11.1 Å². The highest BCUT2D eigenvalue weighted by Crippen LogP contribution is 2.26. The fourth-order valence-corrected chi connectivity index (χ4v) is 2.51. The number of nitrogens with zero attached hydrogens (tertiary/aromatic N) is 2. The van der Waals surface area contributed by atoms with E-state index in [1.54, 1.807) is 0 Å². The molecule has 0 amide bonds. The minimum Gasteiger partial charge on any atom is -0.430 e. The van der Waals surface area contributed by atoms with E-state index < -0.39 is 0 Å². The summed E-state index contributed by atoms with van der Waals surface area (Å²) >= 11 is 4.87. The topological polar surface area (TPSA) is 47.0 Å². The molecule has 1 heterocycles. The van der Waals surface area contributed by atoms with Gasteiger partial charge in [0.25, 0.3) is 5.19 Å². The van der Waals surface area contributed by atoms with Gasteiger partial charge in [0, 0.05) is 11.0 Å². The third-order valence-electron chi connectivity index (χ3n) is 2.28. The number of aromatic nitrogens is 2. The van der Waals surface area contributed by atoms with Crippen molar-refractivity contribution in [1.82, 2.24) is 15.5 Å². The zero-order valence-corrected chi connectivity index (χ0v) is 13.3. The van der Waals surface area contributed by atoms with Crippen molar-refractivity contribution in [2.75, 3.05) is 6.54 Å². The molecule has 4 nitrogen and oxygen atoms in total. The molecule has 19 heavy (non-hydrogen) atoms. The van der Waals surface area contributed by atoms with E-state index in [-0.39, 0.29) is 0 Å². The largest absolute Gasteiger partial charge is 0.430 e. The van der Waals surface area contributed by atoms with Crippen LogP contribution in [0.25, 0.3) is 0 Å². The number of hydrogen-bond donors (Lipinski definition) is 1. The molecule has 0 saturated heterocycles. The minimum absolute atomic E-state index is 0.569. The molecule has 0 fully saturated rings.